The van der Waals surface area contributed by atoms with Crippen LogP contribution in [0.4, 0.5) is 0 Å². The van der Waals surface area contributed by atoms with Crippen LogP contribution in [0.25, 0.3) is 0 Å². The zero-order valence-corrected chi connectivity index (χ0v) is 11.9. The number of nitrogens with one attached hydrogen (secondary N) is 2. The largest absolute Gasteiger partial charge is 0.314 e. The van der Waals surface area contributed by atoms with E-state index < -0.39 is 10.2 Å². The van der Waals surface area contributed by atoms with Gasteiger partial charge in [-0.2, -0.15) is 12.7 Å². The fraction of sp³-hybridized carbons (Fsp3) is 1.00. The molecule has 2 N–H and O–H groups in total. The van der Waals surface area contributed by atoms with Crippen LogP contribution in [0.3, 0.4) is 0 Å². The smallest absolute Gasteiger partial charge is 0.279 e. The second-order valence-corrected chi connectivity index (χ2v) is 6.24. The van der Waals surface area contributed by atoms with Gasteiger partial charge in [-0.15, -0.1) is 0 Å². The molecule has 1 rings (SSSR count). The van der Waals surface area contributed by atoms with Crippen molar-refractivity contribution in [3.63, 3.8) is 0 Å². The van der Waals surface area contributed by atoms with Gasteiger partial charge in [-0.25, -0.2) is 4.72 Å². The molecular formula is C11H25N3O2S. The van der Waals surface area contributed by atoms with Gasteiger partial charge in [-0.1, -0.05) is 27.2 Å². The van der Waals surface area contributed by atoms with Crippen molar-refractivity contribution >= 4 is 10.2 Å². The molecule has 2 atom stereocenters. The molecule has 1 heterocycles. The summed E-state index contributed by atoms with van der Waals surface area (Å²) in [7, 11) is -3.26. The Hall–Kier alpha value is -0.170. The second-order valence-electron chi connectivity index (χ2n) is 4.48. The first-order valence-electron chi connectivity index (χ1n) is 6.53. The van der Waals surface area contributed by atoms with Gasteiger partial charge in [0.25, 0.3) is 10.2 Å². The third-order valence-corrected chi connectivity index (χ3v) is 5.02. The molecule has 0 aliphatic carbocycles. The predicted octanol–water partition coefficient (Wildman–Crippen LogP) is 0.551. The Bertz CT molecular complexity index is 319. The number of hydrogen-bond donors (Lipinski definition) is 2. The summed E-state index contributed by atoms with van der Waals surface area (Å²) in [6, 6.07) is 0.457. The maximum absolute atomic E-state index is 11.9. The van der Waals surface area contributed by atoms with Gasteiger partial charge in [0.1, 0.15) is 0 Å². The van der Waals surface area contributed by atoms with Crippen molar-refractivity contribution in [1.29, 1.82) is 0 Å². The van der Waals surface area contributed by atoms with Crippen molar-refractivity contribution in [3.05, 3.63) is 0 Å². The molecule has 0 amide bonds. The van der Waals surface area contributed by atoms with Crippen molar-refractivity contribution in [1.82, 2.24) is 14.3 Å². The molecule has 0 radical (unpaired) electrons. The van der Waals surface area contributed by atoms with Crippen LogP contribution in [-0.2, 0) is 10.2 Å². The molecule has 0 spiro atoms. The maximum atomic E-state index is 11.9. The second kappa shape index (κ2) is 6.68. The summed E-state index contributed by atoms with van der Waals surface area (Å²) in [4.78, 5) is 0. The lowest BCUT2D eigenvalue weighted by molar-refractivity contribution is 0.202. The van der Waals surface area contributed by atoms with Crippen molar-refractivity contribution in [2.75, 3.05) is 26.2 Å². The molecule has 1 fully saturated rings. The van der Waals surface area contributed by atoms with Crippen molar-refractivity contribution in [2.45, 2.75) is 39.7 Å². The molecule has 0 saturated carbocycles. The molecule has 6 heteroatoms. The lowest BCUT2D eigenvalue weighted by Gasteiger charge is -2.37. The Balaban J connectivity index is 2.64. The Morgan fingerprint density at radius 2 is 1.94 bits per heavy atom. The Kier molecular flexibility index (Phi) is 5.85. The quantitative estimate of drug-likeness (QED) is 0.736. The first-order chi connectivity index (χ1) is 8.05. The van der Waals surface area contributed by atoms with E-state index in [9.17, 15) is 8.42 Å². The zero-order valence-electron chi connectivity index (χ0n) is 11.1. The summed E-state index contributed by atoms with van der Waals surface area (Å²) >= 11 is 0. The lowest BCUT2D eigenvalue weighted by Crippen LogP contribution is -2.53. The molecular weight excluding hydrogens is 238 g/mol. The van der Waals surface area contributed by atoms with Crippen LogP contribution in [0, 0.1) is 5.92 Å². The average molecular weight is 263 g/mol. The van der Waals surface area contributed by atoms with Gasteiger partial charge in [0, 0.05) is 25.7 Å². The molecule has 0 aromatic rings. The number of nitrogens with zero attached hydrogens (tertiary/aromatic N) is 1. The van der Waals surface area contributed by atoms with Gasteiger partial charge in [0.05, 0.1) is 0 Å². The van der Waals surface area contributed by atoms with Crippen molar-refractivity contribution in [3.8, 4) is 0 Å². The predicted molar refractivity (Wildman–Crippen MR) is 70.0 cm³/mol. The van der Waals surface area contributed by atoms with Crippen LogP contribution in [-0.4, -0.2) is 44.9 Å². The van der Waals surface area contributed by atoms with E-state index in [0.29, 0.717) is 31.6 Å². The highest BCUT2D eigenvalue weighted by Crippen LogP contribution is 2.21. The summed E-state index contributed by atoms with van der Waals surface area (Å²) in [5.74, 6) is 0.414. The SMILES string of the molecule is CCNC1CCN(S(=O)(=O)NCC)CC1CC. The molecule has 0 bridgehead atoms. The maximum Gasteiger partial charge on any atom is 0.279 e. The fourth-order valence-electron chi connectivity index (χ4n) is 2.44. The van der Waals surface area contributed by atoms with Crippen molar-refractivity contribution in [2.24, 2.45) is 5.92 Å². The first kappa shape index (κ1) is 14.9. The number of hydrogen-bond acceptors (Lipinski definition) is 3. The summed E-state index contributed by atoms with van der Waals surface area (Å²) in [5, 5.41) is 3.45. The highest BCUT2D eigenvalue weighted by atomic mass is 32.2. The Morgan fingerprint density at radius 1 is 1.24 bits per heavy atom. The van der Waals surface area contributed by atoms with Gasteiger partial charge in [0.2, 0.25) is 0 Å². The number of rotatable bonds is 6. The summed E-state index contributed by atoms with van der Waals surface area (Å²) < 4.78 is 28.0. The summed E-state index contributed by atoms with van der Waals surface area (Å²) in [6.07, 6.45) is 1.91. The highest BCUT2D eigenvalue weighted by molar-refractivity contribution is 7.87. The molecule has 0 aromatic carbocycles. The van der Waals surface area contributed by atoms with E-state index in [-0.39, 0.29) is 0 Å². The van der Waals surface area contributed by atoms with Crippen LogP contribution >= 0.6 is 0 Å². The highest BCUT2D eigenvalue weighted by Gasteiger charge is 2.32. The van der Waals surface area contributed by atoms with Gasteiger partial charge >= 0.3 is 0 Å². The van der Waals surface area contributed by atoms with E-state index in [1.54, 1.807) is 11.2 Å². The topological polar surface area (TPSA) is 61.4 Å². The van der Waals surface area contributed by atoms with Crippen LogP contribution in [0.5, 0.6) is 0 Å². The lowest BCUT2D eigenvalue weighted by atomic mass is 9.91. The van der Waals surface area contributed by atoms with E-state index in [4.69, 9.17) is 0 Å². The summed E-state index contributed by atoms with van der Waals surface area (Å²) in [6.45, 7) is 8.66. The minimum absolute atomic E-state index is 0.414. The van der Waals surface area contributed by atoms with Gasteiger partial charge < -0.3 is 5.32 Å². The van der Waals surface area contributed by atoms with Gasteiger partial charge in [0.15, 0.2) is 0 Å². The van der Waals surface area contributed by atoms with Crippen LogP contribution in [0.2, 0.25) is 0 Å². The van der Waals surface area contributed by atoms with Crippen LogP contribution < -0.4 is 10.0 Å². The molecule has 0 aromatic heterocycles. The van der Waals surface area contributed by atoms with E-state index in [1.807, 2.05) is 0 Å². The summed E-state index contributed by atoms with van der Waals surface area (Å²) in [5.41, 5.74) is 0. The van der Waals surface area contributed by atoms with E-state index in [2.05, 4.69) is 23.9 Å². The number of piperidine rings is 1. The molecule has 102 valence electrons. The van der Waals surface area contributed by atoms with Gasteiger partial charge in [-0.3, -0.25) is 0 Å². The van der Waals surface area contributed by atoms with Crippen LogP contribution in [0.15, 0.2) is 0 Å². The zero-order chi connectivity index (χ0) is 12.9. The average Bonchev–Trinajstić information content (AvgIpc) is 2.29. The standard InChI is InChI=1S/C11H25N3O2S/c1-4-10-9-14(17(15,16)13-6-3)8-7-11(10)12-5-2/h10-13H,4-9H2,1-3H3. The third kappa shape index (κ3) is 3.91. The van der Waals surface area contributed by atoms with Crippen molar-refractivity contribution < 1.29 is 8.42 Å². The van der Waals surface area contributed by atoms with Crippen LogP contribution in [0.1, 0.15) is 33.6 Å². The molecule has 5 nitrogen and oxygen atoms in total. The molecule has 1 saturated heterocycles. The molecule has 1 aliphatic heterocycles. The first-order valence-corrected chi connectivity index (χ1v) is 7.97. The Labute approximate surface area is 105 Å². The third-order valence-electron chi connectivity index (χ3n) is 3.35. The fourth-order valence-corrected chi connectivity index (χ4v) is 3.72. The van der Waals surface area contributed by atoms with E-state index >= 15 is 0 Å². The van der Waals surface area contributed by atoms with E-state index in [1.165, 1.54) is 0 Å². The minimum Gasteiger partial charge on any atom is -0.314 e. The molecule has 1 aliphatic rings. The minimum atomic E-state index is -3.26. The Morgan fingerprint density at radius 3 is 2.47 bits per heavy atom. The van der Waals surface area contributed by atoms with Gasteiger partial charge in [-0.05, 0) is 18.9 Å². The monoisotopic (exact) mass is 263 g/mol. The molecule has 2 unspecified atom stereocenters. The normalized spacial score (nSPS) is 27.2. The van der Waals surface area contributed by atoms with E-state index in [0.717, 1.165) is 19.4 Å². The molecule has 17 heavy (non-hydrogen) atoms.